The average molecular weight is 294 g/mol. The third kappa shape index (κ3) is 4.02. The number of nitrogens with one attached hydrogen (secondary N) is 1. The predicted molar refractivity (Wildman–Crippen MR) is 81.2 cm³/mol. The second-order valence-electron chi connectivity index (χ2n) is 4.74. The minimum Gasteiger partial charge on any atom is -0.489 e. The van der Waals surface area contributed by atoms with Crippen molar-refractivity contribution in [2.24, 2.45) is 0 Å². The van der Waals surface area contributed by atoms with Gasteiger partial charge in [0, 0.05) is 10.6 Å². The zero-order valence-electron chi connectivity index (χ0n) is 11.9. The molecule has 1 aromatic carbocycles. The molecule has 0 spiro atoms. The van der Waals surface area contributed by atoms with Gasteiger partial charge in [0.25, 0.3) is 0 Å². The Morgan fingerprint density at radius 2 is 2.15 bits per heavy atom. The van der Waals surface area contributed by atoms with Crippen molar-refractivity contribution in [3.63, 3.8) is 0 Å². The molecule has 0 unspecified atom stereocenters. The highest BCUT2D eigenvalue weighted by Gasteiger charge is 2.08. The Morgan fingerprint density at radius 3 is 2.90 bits per heavy atom. The number of furan rings is 1. The molecule has 1 heterocycles. The van der Waals surface area contributed by atoms with E-state index in [1.54, 1.807) is 6.26 Å². The van der Waals surface area contributed by atoms with Crippen molar-refractivity contribution in [2.75, 3.05) is 6.54 Å². The van der Waals surface area contributed by atoms with Crippen LogP contribution in [0.15, 0.2) is 34.9 Å². The van der Waals surface area contributed by atoms with Crippen LogP contribution in [0, 0.1) is 6.92 Å². The van der Waals surface area contributed by atoms with Gasteiger partial charge in [-0.3, -0.25) is 0 Å². The maximum atomic E-state index is 5.93. The first-order valence-corrected chi connectivity index (χ1v) is 7.23. The first-order valence-electron chi connectivity index (χ1n) is 6.85. The fourth-order valence-electron chi connectivity index (χ4n) is 1.96. The van der Waals surface area contributed by atoms with Crippen LogP contribution in [-0.4, -0.2) is 6.54 Å². The molecule has 4 heteroatoms. The van der Waals surface area contributed by atoms with E-state index in [0.717, 1.165) is 47.2 Å². The molecule has 0 aliphatic heterocycles. The van der Waals surface area contributed by atoms with E-state index in [0.29, 0.717) is 6.61 Å². The summed E-state index contributed by atoms with van der Waals surface area (Å²) < 4.78 is 11.3. The molecule has 0 aliphatic carbocycles. The summed E-state index contributed by atoms with van der Waals surface area (Å²) in [5.74, 6) is 1.79. The standard InChI is InChI=1S/C16H20ClNO2/c1-3-7-18-10-16-13(6-8-19-16)11-20-15-5-4-14(17)9-12(15)2/h4-6,8-9,18H,3,7,10-11H2,1-2H3. The van der Waals surface area contributed by atoms with Gasteiger partial charge in [-0.1, -0.05) is 18.5 Å². The molecule has 0 radical (unpaired) electrons. The van der Waals surface area contributed by atoms with Crippen LogP contribution in [0.2, 0.25) is 5.02 Å². The molecule has 0 fully saturated rings. The van der Waals surface area contributed by atoms with Gasteiger partial charge in [-0.2, -0.15) is 0 Å². The quantitative estimate of drug-likeness (QED) is 0.772. The minimum absolute atomic E-state index is 0.502. The molecule has 1 aromatic heterocycles. The van der Waals surface area contributed by atoms with Crippen LogP contribution >= 0.6 is 11.6 Å². The van der Waals surface area contributed by atoms with Gasteiger partial charge in [0.1, 0.15) is 18.1 Å². The highest BCUT2D eigenvalue weighted by Crippen LogP contribution is 2.23. The Balaban J connectivity index is 1.95. The lowest BCUT2D eigenvalue weighted by Crippen LogP contribution is -2.14. The van der Waals surface area contributed by atoms with E-state index in [9.17, 15) is 0 Å². The Morgan fingerprint density at radius 1 is 1.30 bits per heavy atom. The Kier molecular flexibility index (Phi) is 5.50. The summed E-state index contributed by atoms with van der Waals surface area (Å²) in [7, 11) is 0. The molecule has 0 amide bonds. The van der Waals surface area contributed by atoms with Gasteiger partial charge in [-0.15, -0.1) is 0 Å². The predicted octanol–water partition coefficient (Wildman–Crippen LogP) is 4.32. The van der Waals surface area contributed by atoms with Crippen molar-refractivity contribution in [3.8, 4) is 5.75 Å². The highest BCUT2D eigenvalue weighted by atomic mass is 35.5. The van der Waals surface area contributed by atoms with Crippen molar-refractivity contribution in [1.29, 1.82) is 0 Å². The van der Waals surface area contributed by atoms with Crippen molar-refractivity contribution in [2.45, 2.75) is 33.4 Å². The molecule has 1 N–H and O–H groups in total. The Labute approximate surface area is 124 Å². The maximum Gasteiger partial charge on any atom is 0.124 e. The smallest absolute Gasteiger partial charge is 0.124 e. The van der Waals surface area contributed by atoms with E-state index in [1.807, 2.05) is 31.2 Å². The normalized spacial score (nSPS) is 10.8. The van der Waals surface area contributed by atoms with Gasteiger partial charge in [-0.25, -0.2) is 0 Å². The fourth-order valence-corrected chi connectivity index (χ4v) is 2.19. The summed E-state index contributed by atoms with van der Waals surface area (Å²) in [6.07, 6.45) is 2.81. The van der Waals surface area contributed by atoms with Crippen molar-refractivity contribution in [3.05, 3.63) is 52.4 Å². The first kappa shape index (κ1) is 14.9. The van der Waals surface area contributed by atoms with Gasteiger partial charge >= 0.3 is 0 Å². The molecular formula is C16H20ClNO2. The second kappa shape index (κ2) is 7.36. The molecule has 108 valence electrons. The molecule has 3 nitrogen and oxygen atoms in total. The number of ether oxygens (including phenoxy) is 1. The van der Waals surface area contributed by atoms with E-state index in [1.165, 1.54) is 0 Å². The third-order valence-corrected chi connectivity index (χ3v) is 3.31. The van der Waals surface area contributed by atoms with Crippen molar-refractivity contribution < 1.29 is 9.15 Å². The van der Waals surface area contributed by atoms with Gasteiger partial charge < -0.3 is 14.5 Å². The molecule has 2 rings (SSSR count). The molecule has 0 saturated carbocycles. The summed E-state index contributed by atoms with van der Waals surface area (Å²) >= 11 is 5.93. The number of benzene rings is 1. The van der Waals surface area contributed by atoms with Gasteiger partial charge in [0.2, 0.25) is 0 Å². The van der Waals surface area contributed by atoms with Crippen LogP contribution in [0.4, 0.5) is 0 Å². The lowest BCUT2D eigenvalue weighted by molar-refractivity contribution is 0.299. The zero-order valence-corrected chi connectivity index (χ0v) is 12.7. The molecule has 0 bridgehead atoms. The number of hydrogen-bond donors (Lipinski definition) is 1. The van der Waals surface area contributed by atoms with Crippen LogP contribution < -0.4 is 10.1 Å². The van der Waals surface area contributed by atoms with Gasteiger partial charge in [0.05, 0.1) is 12.8 Å². The monoisotopic (exact) mass is 293 g/mol. The van der Waals surface area contributed by atoms with E-state index >= 15 is 0 Å². The van der Waals surface area contributed by atoms with Crippen LogP contribution in [0.1, 0.15) is 30.2 Å². The Hall–Kier alpha value is -1.45. The SMILES string of the molecule is CCCNCc1occc1COc1ccc(Cl)cc1C. The van der Waals surface area contributed by atoms with Gasteiger partial charge in [-0.05, 0) is 49.7 Å². The van der Waals surface area contributed by atoms with Gasteiger partial charge in [0.15, 0.2) is 0 Å². The largest absolute Gasteiger partial charge is 0.489 e. The van der Waals surface area contributed by atoms with E-state index < -0.39 is 0 Å². The fraction of sp³-hybridized carbons (Fsp3) is 0.375. The average Bonchev–Trinajstić information content (AvgIpc) is 2.86. The Bertz CT molecular complexity index is 551. The number of rotatable bonds is 7. The molecule has 20 heavy (non-hydrogen) atoms. The van der Waals surface area contributed by atoms with Crippen molar-refractivity contribution in [1.82, 2.24) is 5.32 Å². The molecule has 0 atom stereocenters. The number of hydrogen-bond acceptors (Lipinski definition) is 3. The van der Waals surface area contributed by atoms with Crippen LogP contribution in [0.25, 0.3) is 0 Å². The van der Waals surface area contributed by atoms with Crippen LogP contribution in [0.3, 0.4) is 0 Å². The number of halogens is 1. The second-order valence-corrected chi connectivity index (χ2v) is 5.18. The third-order valence-electron chi connectivity index (χ3n) is 3.07. The van der Waals surface area contributed by atoms with E-state index in [4.69, 9.17) is 20.8 Å². The van der Waals surface area contributed by atoms with E-state index in [-0.39, 0.29) is 0 Å². The minimum atomic E-state index is 0.502. The lowest BCUT2D eigenvalue weighted by atomic mass is 10.2. The molecule has 0 saturated heterocycles. The maximum absolute atomic E-state index is 5.93. The van der Waals surface area contributed by atoms with E-state index in [2.05, 4.69) is 12.2 Å². The molecule has 2 aromatic rings. The lowest BCUT2D eigenvalue weighted by Gasteiger charge is -2.09. The summed E-state index contributed by atoms with van der Waals surface area (Å²) in [6.45, 7) is 6.35. The topological polar surface area (TPSA) is 34.4 Å². The summed E-state index contributed by atoms with van der Waals surface area (Å²) in [5.41, 5.74) is 2.11. The highest BCUT2D eigenvalue weighted by molar-refractivity contribution is 6.30. The zero-order chi connectivity index (χ0) is 14.4. The summed E-state index contributed by atoms with van der Waals surface area (Å²) in [6, 6.07) is 7.58. The van der Waals surface area contributed by atoms with Crippen molar-refractivity contribution >= 4 is 11.6 Å². The number of aryl methyl sites for hydroxylation is 1. The summed E-state index contributed by atoms with van der Waals surface area (Å²) in [4.78, 5) is 0. The van der Waals surface area contributed by atoms with Crippen LogP contribution in [0.5, 0.6) is 5.75 Å². The summed E-state index contributed by atoms with van der Waals surface area (Å²) in [5, 5.41) is 4.05. The first-order chi connectivity index (χ1) is 9.70. The van der Waals surface area contributed by atoms with Crippen LogP contribution in [-0.2, 0) is 13.2 Å². The molecular weight excluding hydrogens is 274 g/mol. The molecule has 0 aliphatic rings.